The van der Waals surface area contributed by atoms with E-state index in [1.165, 1.54) is 31.4 Å². The highest BCUT2D eigenvalue weighted by Crippen LogP contribution is 2.60. The Morgan fingerprint density at radius 2 is 0.967 bits per heavy atom. The van der Waals surface area contributed by atoms with Crippen LogP contribution in [-0.4, -0.2) is 54.9 Å². The number of hydrogen-bond donors (Lipinski definition) is 0. The Morgan fingerprint density at radius 1 is 0.607 bits per heavy atom. The number of hydrogen-bond acceptors (Lipinski definition) is 7. The van der Waals surface area contributed by atoms with Crippen molar-refractivity contribution in [2.75, 3.05) is 13.2 Å². The first-order valence-electron chi connectivity index (χ1n) is 21.6. The minimum Gasteiger partial charge on any atom is -0.461 e. The zero-order valence-corrected chi connectivity index (χ0v) is 36.0. The van der Waals surface area contributed by atoms with E-state index in [9.17, 15) is 36.7 Å². The van der Waals surface area contributed by atoms with Crippen molar-refractivity contribution in [1.82, 2.24) is 0 Å². The van der Waals surface area contributed by atoms with Crippen molar-refractivity contribution < 1.29 is 51.0 Å². The molecule has 0 N–H and O–H groups in total. The average Bonchev–Trinajstić information content (AvgIpc) is 3.21. The molecule has 8 saturated carbocycles. The SMILES string of the molecule is CC(F)(F)C(F)(F)OCC(COC(=O)C12CC3CC(C1)C(=O)C(C3)C2)OC(=O)C12CC3CC(C1)C(=O)C(C3)C2.Cc1ccc([S+](c2ccc(C)cc2)c2ccc(C)cc2)cc1. The molecule has 8 bridgehead atoms. The molecule has 0 saturated heterocycles. The molecule has 326 valence electrons. The first-order chi connectivity index (χ1) is 28.8. The summed E-state index contributed by atoms with van der Waals surface area (Å²) in [7, 11) is -0.0394. The molecule has 11 rings (SSSR count). The Bertz CT molecular complexity index is 1990. The van der Waals surface area contributed by atoms with Gasteiger partial charge in [0.2, 0.25) is 0 Å². The molecule has 61 heavy (non-hydrogen) atoms. The summed E-state index contributed by atoms with van der Waals surface area (Å²) < 4.78 is 70.0. The van der Waals surface area contributed by atoms with Gasteiger partial charge in [-0.3, -0.25) is 19.2 Å². The van der Waals surface area contributed by atoms with Gasteiger partial charge in [0.1, 0.15) is 18.2 Å². The van der Waals surface area contributed by atoms with Crippen molar-refractivity contribution >= 4 is 34.4 Å². The number of halogens is 4. The van der Waals surface area contributed by atoms with Crippen molar-refractivity contribution in [1.29, 1.82) is 0 Å². The van der Waals surface area contributed by atoms with E-state index in [2.05, 4.69) is 98.3 Å². The average molecular weight is 864 g/mol. The van der Waals surface area contributed by atoms with E-state index in [4.69, 9.17) is 9.47 Å². The summed E-state index contributed by atoms with van der Waals surface area (Å²) in [5, 5.41) is 0. The maximum Gasteiger partial charge on any atom is 0.419 e. The van der Waals surface area contributed by atoms with Gasteiger partial charge in [-0.2, -0.15) is 17.6 Å². The van der Waals surface area contributed by atoms with Crippen LogP contribution in [-0.2, 0) is 44.3 Å². The van der Waals surface area contributed by atoms with Gasteiger partial charge in [0.25, 0.3) is 0 Å². The summed E-state index contributed by atoms with van der Waals surface area (Å²) in [5.74, 6) is -5.82. The van der Waals surface area contributed by atoms with Gasteiger partial charge in [-0.15, -0.1) is 0 Å². The third-order valence-electron chi connectivity index (χ3n) is 14.3. The number of ether oxygens (including phenoxy) is 3. The first-order valence-corrected chi connectivity index (χ1v) is 22.9. The number of esters is 2. The second kappa shape index (κ2) is 16.6. The van der Waals surface area contributed by atoms with Gasteiger partial charge in [-0.05, 0) is 133 Å². The second-order valence-electron chi connectivity index (χ2n) is 19.1. The number of benzene rings is 3. The lowest BCUT2D eigenvalue weighted by molar-refractivity contribution is -0.346. The second-order valence-corrected chi connectivity index (χ2v) is 21.2. The molecule has 0 aromatic heterocycles. The van der Waals surface area contributed by atoms with Crippen LogP contribution in [0.2, 0.25) is 0 Å². The third kappa shape index (κ3) is 8.82. The van der Waals surface area contributed by atoms with Crippen molar-refractivity contribution in [2.45, 2.75) is 125 Å². The summed E-state index contributed by atoms with van der Waals surface area (Å²) in [6.45, 7) is 4.71. The lowest BCUT2D eigenvalue weighted by atomic mass is 9.49. The summed E-state index contributed by atoms with van der Waals surface area (Å²) in [5.41, 5.74) is 2.13. The number of alkyl halides is 4. The van der Waals surface area contributed by atoms with Crippen LogP contribution in [0, 0.1) is 67.1 Å². The summed E-state index contributed by atoms with van der Waals surface area (Å²) in [4.78, 5) is 55.9. The van der Waals surface area contributed by atoms with E-state index in [-0.39, 0.29) is 64.9 Å². The zero-order valence-electron chi connectivity index (χ0n) is 35.2. The molecule has 5 atom stereocenters. The van der Waals surface area contributed by atoms with Gasteiger partial charge in [0.15, 0.2) is 20.8 Å². The highest BCUT2D eigenvalue weighted by molar-refractivity contribution is 7.97. The van der Waals surface area contributed by atoms with Gasteiger partial charge in [-0.25, -0.2) is 0 Å². The van der Waals surface area contributed by atoms with E-state index in [1.54, 1.807) is 0 Å². The Kier molecular flexibility index (Phi) is 11.9. The van der Waals surface area contributed by atoms with Gasteiger partial charge >= 0.3 is 24.0 Å². The van der Waals surface area contributed by atoms with E-state index in [0.29, 0.717) is 38.5 Å². The highest BCUT2D eigenvalue weighted by atomic mass is 32.2. The Morgan fingerprint density at radius 3 is 1.33 bits per heavy atom. The minimum atomic E-state index is -4.82. The highest BCUT2D eigenvalue weighted by Gasteiger charge is 2.61. The fraction of sp³-hybridized carbons (Fsp3) is 0.551. The maximum atomic E-state index is 13.9. The molecule has 7 nitrogen and oxygen atoms in total. The van der Waals surface area contributed by atoms with Crippen LogP contribution in [0.3, 0.4) is 0 Å². The first kappa shape index (κ1) is 43.6. The Balaban J connectivity index is 0.000000198. The van der Waals surface area contributed by atoms with Crippen LogP contribution < -0.4 is 0 Å². The molecular weight excluding hydrogens is 809 g/mol. The molecule has 8 aliphatic carbocycles. The smallest absolute Gasteiger partial charge is 0.419 e. The number of carbonyl (C=O) groups is 4. The van der Waals surface area contributed by atoms with Crippen LogP contribution in [0.5, 0.6) is 0 Å². The number of aryl methyl sites for hydroxylation is 3. The fourth-order valence-corrected chi connectivity index (χ4v) is 13.5. The predicted molar refractivity (Wildman–Crippen MR) is 220 cm³/mol. The topological polar surface area (TPSA) is 96.0 Å². The van der Waals surface area contributed by atoms with Crippen LogP contribution in [0.15, 0.2) is 87.5 Å². The van der Waals surface area contributed by atoms with Crippen LogP contribution in [0.1, 0.15) is 87.8 Å². The Hall–Kier alpha value is -4.03. The van der Waals surface area contributed by atoms with Crippen molar-refractivity contribution in [3.63, 3.8) is 0 Å². The summed E-state index contributed by atoms with van der Waals surface area (Å²) >= 11 is 0. The standard InChI is InChI=1S/C28H34F4O7.C21H21S/c1-25(29,30)28(31,32)38-13-20(39-24(36)27-7-15-4-18(10-27)22(34)19(5-15)11-27)12-37-23(35)26-6-14-2-16(8-26)21(33)17(3-14)9-26;1-16-4-10-19(11-5-16)22(20-12-6-17(2)7-13-20)21-14-8-18(3)9-15-21/h14-20H,2-13H2,1H3;4-15H,1-3H3/q;+1. The van der Waals surface area contributed by atoms with E-state index < -0.39 is 54.1 Å². The molecule has 8 fully saturated rings. The molecule has 0 spiro atoms. The fourth-order valence-electron chi connectivity index (χ4n) is 11.5. The zero-order chi connectivity index (χ0) is 43.5. The minimum absolute atomic E-state index is 0.0226. The van der Waals surface area contributed by atoms with Gasteiger partial charge in [0.05, 0.1) is 28.3 Å². The largest absolute Gasteiger partial charge is 0.461 e. The number of rotatable bonds is 12. The van der Waals surface area contributed by atoms with Gasteiger partial charge in [-0.1, -0.05) is 53.1 Å². The molecule has 3 aromatic carbocycles. The quantitative estimate of drug-likeness (QED) is 0.102. The van der Waals surface area contributed by atoms with Gasteiger partial charge < -0.3 is 14.2 Å². The van der Waals surface area contributed by atoms with Crippen molar-refractivity contribution in [3.05, 3.63) is 89.5 Å². The summed E-state index contributed by atoms with van der Waals surface area (Å²) in [6.07, 6.45) is -0.925. The predicted octanol–water partition coefficient (Wildman–Crippen LogP) is 10.2. The molecule has 0 heterocycles. The molecule has 0 amide bonds. The molecule has 8 aliphatic rings. The van der Waals surface area contributed by atoms with E-state index in [0.717, 1.165) is 25.7 Å². The van der Waals surface area contributed by atoms with Crippen molar-refractivity contribution in [2.24, 2.45) is 46.3 Å². The maximum absolute atomic E-state index is 13.9. The van der Waals surface area contributed by atoms with E-state index in [1.807, 2.05) is 0 Å². The third-order valence-corrected chi connectivity index (χ3v) is 16.5. The Labute approximate surface area is 358 Å². The monoisotopic (exact) mass is 863 g/mol. The molecule has 3 aromatic rings. The summed E-state index contributed by atoms with van der Waals surface area (Å²) in [6, 6.07) is 26.8. The number of ketones is 2. The molecular formula is C49H55F4O7S+. The number of carbonyl (C=O) groups excluding carboxylic acids is 4. The van der Waals surface area contributed by atoms with Crippen LogP contribution in [0.25, 0.3) is 0 Å². The molecule has 0 radical (unpaired) electrons. The van der Waals surface area contributed by atoms with E-state index >= 15 is 0 Å². The molecule has 0 aliphatic heterocycles. The van der Waals surface area contributed by atoms with Gasteiger partial charge in [0, 0.05) is 30.6 Å². The molecule has 12 heteroatoms. The number of Topliss-reactive ketones (excluding diaryl/α,β-unsaturated/α-hetero) is 2. The lowest BCUT2D eigenvalue weighted by Gasteiger charge is -2.54. The lowest BCUT2D eigenvalue weighted by Crippen LogP contribution is -2.56. The normalized spacial score (nSPS) is 30.2. The van der Waals surface area contributed by atoms with Crippen LogP contribution >= 0.6 is 0 Å². The van der Waals surface area contributed by atoms with Crippen molar-refractivity contribution in [3.8, 4) is 0 Å². The molecule has 5 unspecified atom stereocenters. The van der Waals surface area contributed by atoms with Crippen LogP contribution in [0.4, 0.5) is 17.6 Å².